The number of aliphatic hydroxyl groups excluding tert-OH is 2. The van der Waals surface area contributed by atoms with E-state index < -0.39 is 30.8 Å². The Morgan fingerprint density at radius 1 is 1.62 bits per heavy atom. The largest absolute Gasteiger partial charge is 0.394 e. The number of rotatable bonds is 2. The van der Waals surface area contributed by atoms with E-state index >= 15 is 0 Å². The minimum Gasteiger partial charge on any atom is -0.394 e. The zero-order chi connectivity index (χ0) is 11.7. The van der Waals surface area contributed by atoms with E-state index in [0.717, 1.165) is 0 Å². The molecule has 0 bridgehead atoms. The molecule has 6 nitrogen and oxygen atoms in total. The lowest BCUT2D eigenvalue weighted by molar-refractivity contribution is -0.0773. The molecule has 0 aromatic heterocycles. The van der Waals surface area contributed by atoms with E-state index in [-0.39, 0.29) is 19.6 Å². The molecule has 2 rings (SSSR count). The van der Waals surface area contributed by atoms with E-state index in [1.165, 1.54) is 4.90 Å². The van der Waals surface area contributed by atoms with Gasteiger partial charge in [-0.3, -0.25) is 4.90 Å². The molecule has 2 saturated heterocycles. The fourth-order valence-corrected chi connectivity index (χ4v) is 2.00. The number of hydrogen-bond donors (Lipinski definition) is 3. The van der Waals surface area contributed by atoms with Gasteiger partial charge in [0.05, 0.1) is 12.7 Å². The van der Waals surface area contributed by atoms with Gasteiger partial charge in [0.15, 0.2) is 6.23 Å². The molecule has 0 radical (unpaired) electrons. The molecule has 16 heavy (non-hydrogen) atoms. The topological polar surface area (TPSA) is 82.0 Å². The third kappa shape index (κ3) is 2.11. The Bertz CT molecular complexity index is 278. The number of urea groups is 1. The first-order valence-corrected chi connectivity index (χ1v) is 5.27. The van der Waals surface area contributed by atoms with Crippen molar-refractivity contribution in [2.45, 2.75) is 37.6 Å². The number of alkyl halides is 1. The van der Waals surface area contributed by atoms with E-state index in [1.54, 1.807) is 0 Å². The molecule has 92 valence electrons. The standard InChI is InChI=1S/C9H15FN2O4/c10-6-3-5(4-13)16-8(6)12-2-1-7(14)11-9(12)15/h5-8,13-14H,1-4H2,(H,11,15)/t5-,6-,7?,8+/m0/s1. The molecule has 2 aliphatic heterocycles. The molecule has 7 heteroatoms. The number of hydrogen-bond acceptors (Lipinski definition) is 4. The Hall–Kier alpha value is -0.920. The Morgan fingerprint density at radius 2 is 2.38 bits per heavy atom. The normalized spacial score (nSPS) is 39.9. The summed E-state index contributed by atoms with van der Waals surface area (Å²) in [6.07, 6.45) is -3.26. The fraction of sp³-hybridized carbons (Fsp3) is 0.889. The van der Waals surface area contributed by atoms with Gasteiger partial charge in [-0.05, 0) is 0 Å². The van der Waals surface area contributed by atoms with E-state index in [4.69, 9.17) is 9.84 Å². The number of nitrogens with one attached hydrogen (secondary N) is 1. The number of nitrogens with zero attached hydrogens (tertiary/aromatic N) is 1. The lowest BCUT2D eigenvalue weighted by Gasteiger charge is -2.35. The molecule has 4 atom stereocenters. The minimum absolute atomic E-state index is 0.0908. The Morgan fingerprint density at radius 3 is 2.94 bits per heavy atom. The lowest BCUT2D eigenvalue weighted by Crippen LogP contribution is -2.56. The maximum absolute atomic E-state index is 13.6. The third-order valence-electron chi connectivity index (χ3n) is 2.83. The molecule has 0 aromatic rings. The first-order valence-electron chi connectivity index (χ1n) is 5.27. The smallest absolute Gasteiger partial charge is 0.321 e. The second-order valence-corrected chi connectivity index (χ2v) is 4.03. The van der Waals surface area contributed by atoms with Gasteiger partial charge in [-0.2, -0.15) is 0 Å². The summed E-state index contributed by atoms with van der Waals surface area (Å²) in [6.45, 7) is -0.00869. The van der Waals surface area contributed by atoms with E-state index in [9.17, 15) is 14.3 Å². The monoisotopic (exact) mass is 234 g/mol. The molecule has 1 unspecified atom stereocenters. The van der Waals surface area contributed by atoms with E-state index in [2.05, 4.69) is 5.32 Å². The molecule has 0 spiro atoms. The molecular formula is C9H15FN2O4. The second-order valence-electron chi connectivity index (χ2n) is 4.03. The van der Waals surface area contributed by atoms with Crippen molar-refractivity contribution < 1.29 is 24.1 Å². The molecule has 0 aliphatic carbocycles. The molecular weight excluding hydrogens is 219 g/mol. The summed E-state index contributed by atoms with van der Waals surface area (Å²) in [5.41, 5.74) is 0. The van der Waals surface area contributed by atoms with Crippen LogP contribution in [0.2, 0.25) is 0 Å². The van der Waals surface area contributed by atoms with Crippen LogP contribution in [0.1, 0.15) is 12.8 Å². The van der Waals surface area contributed by atoms with Crippen molar-refractivity contribution in [1.29, 1.82) is 0 Å². The van der Waals surface area contributed by atoms with Crippen LogP contribution in [0.5, 0.6) is 0 Å². The number of carbonyl (C=O) groups excluding carboxylic acids is 1. The van der Waals surface area contributed by atoms with E-state index in [1.807, 2.05) is 0 Å². The summed E-state index contributed by atoms with van der Waals surface area (Å²) in [6, 6.07) is -0.537. The van der Waals surface area contributed by atoms with Crippen molar-refractivity contribution in [1.82, 2.24) is 10.2 Å². The SMILES string of the molecule is O=C1NC(O)CCN1[C@@H]1O[C@H](CO)C[C@@H]1F. The lowest BCUT2D eigenvalue weighted by atomic mass is 10.2. The van der Waals surface area contributed by atoms with Crippen LogP contribution in [0.15, 0.2) is 0 Å². The molecule has 3 N–H and O–H groups in total. The van der Waals surface area contributed by atoms with Crippen LogP contribution in [0.3, 0.4) is 0 Å². The summed E-state index contributed by atoms with van der Waals surface area (Å²) in [4.78, 5) is 12.7. The number of halogens is 1. The van der Waals surface area contributed by atoms with Gasteiger partial charge in [-0.25, -0.2) is 9.18 Å². The van der Waals surface area contributed by atoms with Gasteiger partial charge < -0.3 is 20.3 Å². The van der Waals surface area contributed by atoms with Crippen molar-refractivity contribution in [3.05, 3.63) is 0 Å². The zero-order valence-electron chi connectivity index (χ0n) is 8.67. The van der Waals surface area contributed by atoms with Crippen molar-refractivity contribution in [3.8, 4) is 0 Å². The van der Waals surface area contributed by atoms with Crippen LogP contribution in [0, 0.1) is 0 Å². The first-order chi connectivity index (χ1) is 7.61. The van der Waals surface area contributed by atoms with Crippen LogP contribution in [-0.4, -0.2) is 59.0 Å². The van der Waals surface area contributed by atoms with Crippen molar-refractivity contribution in [2.75, 3.05) is 13.2 Å². The maximum Gasteiger partial charge on any atom is 0.321 e. The van der Waals surface area contributed by atoms with Crippen molar-refractivity contribution in [3.63, 3.8) is 0 Å². The number of amides is 2. The quantitative estimate of drug-likeness (QED) is 0.582. The van der Waals surface area contributed by atoms with Crippen LogP contribution < -0.4 is 5.32 Å². The van der Waals surface area contributed by atoms with Gasteiger partial charge in [-0.15, -0.1) is 0 Å². The van der Waals surface area contributed by atoms with Gasteiger partial charge in [-0.1, -0.05) is 0 Å². The van der Waals surface area contributed by atoms with Crippen LogP contribution in [0.25, 0.3) is 0 Å². The average Bonchev–Trinajstić information content (AvgIpc) is 2.60. The highest BCUT2D eigenvalue weighted by molar-refractivity contribution is 5.75. The summed E-state index contributed by atoms with van der Waals surface area (Å²) in [5, 5.41) is 20.3. The van der Waals surface area contributed by atoms with Gasteiger partial charge in [0, 0.05) is 19.4 Å². The van der Waals surface area contributed by atoms with Gasteiger partial charge in [0.25, 0.3) is 0 Å². The van der Waals surface area contributed by atoms with Crippen LogP contribution >= 0.6 is 0 Å². The average molecular weight is 234 g/mol. The molecule has 0 saturated carbocycles. The summed E-state index contributed by atoms with van der Waals surface area (Å²) in [7, 11) is 0. The third-order valence-corrected chi connectivity index (χ3v) is 2.83. The van der Waals surface area contributed by atoms with Crippen molar-refractivity contribution in [2.24, 2.45) is 0 Å². The zero-order valence-corrected chi connectivity index (χ0v) is 8.67. The summed E-state index contributed by atoms with van der Waals surface area (Å²) in [5.74, 6) is 0. The predicted molar refractivity (Wildman–Crippen MR) is 51.1 cm³/mol. The second kappa shape index (κ2) is 4.52. The highest BCUT2D eigenvalue weighted by Crippen LogP contribution is 2.27. The molecule has 2 heterocycles. The molecule has 2 amide bonds. The first kappa shape index (κ1) is 11.6. The minimum atomic E-state index is -1.29. The van der Waals surface area contributed by atoms with E-state index in [0.29, 0.717) is 6.42 Å². The number of carbonyl (C=O) groups is 1. The highest BCUT2D eigenvalue weighted by Gasteiger charge is 2.42. The van der Waals surface area contributed by atoms with Crippen molar-refractivity contribution >= 4 is 6.03 Å². The Kier molecular flexibility index (Phi) is 3.27. The molecule has 0 aromatic carbocycles. The number of ether oxygens (including phenoxy) is 1. The summed E-state index contributed by atoms with van der Waals surface area (Å²) >= 11 is 0. The molecule has 2 fully saturated rings. The fourth-order valence-electron chi connectivity index (χ4n) is 2.00. The predicted octanol–water partition coefficient (Wildman–Crippen LogP) is -0.835. The highest BCUT2D eigenvalue weighted by atomic mass is 19.1. The van der Waals surface area contributed by atoms with Crippen LogP contribution in [-0.2, 0) is 4.74 Å². The van der Waals surface area contributed by atoms with Gasteiger partial charge >= 0.3 is 6.03 Å². The van der Waals surface area contributed by atoms with Crippen LogP contribution in [0.4, 0.5) is 9.18 Å². The van der Waals surface area contributed by atoms with Gasteiger partial charge in [0.2, 0.25) is 0 Å². The number of aliphatic hydroxyl groups is 2. The van der Waals surface area contributed by atoms with Gasteiger partial charge in [0.1, 0.15) is 12.4 Å². The Labute approximate surface area is 92.0 Å². The Balaban J connectivity index is 1.99. The summed E-state index contributed by atoms with van der Waals surface area (Å²) < 4.78 is 18.8. The molecule has 2 aliphatic rings. The maximum atomic E-state index is 13.6.